The topological polar surface area (TPSA) is 84.9 Å². The van der Waals surface area contributed by atoms with Crippen LogP contribution in [0.2, 0.25) is 0 Å². The highest BCUT2D eigenvalue weighted by atomic mass is 16.6. The number of phenols is 1. The second-order valence-corrected chi connectivity index (χ2v) is 5.83. The molecule has 6 heteroatoms. The van der Waals surface area contributed by atoms with Gasteiger partial charge in [-0.2, -0.15) is 0 Å². The monoisotopic (exact) mass is 295 g/mol. The van der Waals surface area contributed by atoms with Crippen LogP contribution in [0.1, 0.15) is 33.3 Å². The summed E-state index contributed by atoms with van der Waals surface area (Å²) >= 11 is 0. The number of aldehydes is 1. The zero-order chi connectivity index (χ0) is 16.3. The van der Waals surface area contributed by atoms with E-state index in [1.165, 1.54) is 32.2 Å². The Bertz CT molecular complexity index is 535. The van der Waals surface area contributed by atoms with E-state index in [-0.39, 0.29) is 11.5 Å². The molecule has 0 aliphatic heterocycles. The molecule has 0 saturated carbocycles. The van der Waals surface area contributed by atoms with E-state index in [1.807, 2.05) is 0 Å². The maximum absolute atomic E-state index is 11.9. The Kier molecular flexibility index (Phi) is 4.83. The summed E-state index contributed by atoms with van der Waals surface area (Å²) in [7, 11) is 1.40. The summed E-state index contributed by atoms with van der Waals surface area (Å²) in [5.41, 5.74) is -1.48. The number of hydrogen-bond donors (Lipinski definition) is 2. The fraction of sp³-hybridized carbons (Fsp3) is 0.467. The van der Waals surface area contributed by atoms with Crippen LogP contribution in [-0.4, -0.2) is 30.2 Å². The Labute approximate surface area is 124 Å². The summed E-state index contributed by atoms with van der Waals surface area (Å²) in [5.74, 6) is 0.165. The van der Waals surface area contributed by atoms with Crippen molar-refractivity contribution in [1.82, 2.24) is 5.32 Å². The zero-order valence-electron chi connectivity index (χ0n) is 12.9. The van der Waals surface area contributed by atoms with Crippen molar-refractivity contribution < 1.29 is 24.2 Å². The van der Waals surface area contributed by atoms with Crippen LogP contribution in [0.5, 0.6) is 11.5 Å². The molecule has 1 aromatic carbocycles. The lowest BCUT2D eigenvalue weighted by molar-refractivity contribution is -0.113. The highest BCUT2D eigenvalue weighted by molar-refractivity contribution is 5.78. The van der Waals surface area contributed by atoms with Crippen molar-refractivity contribution in [1.29, 1.82) is 0 Å². The molecule has 0 aliphatic carbocycles. The molecule has 0 bridgehead atoms. The standard InChI is InChI=1S/C15H21NO5/c1-14(2,3)21-13(19)16-15(4,9-17)10-6-7-11(18)12(8-10)20-5/h6-9,18H,1-5H3,(H,16,19). The maximum Gasteiger partial charge on any atom is 0.408 e. The molecular weight excluding hydrogens is 274 g/mol. The number of methoxy groups -OCH3 is 1. The number of aromatic hydroxyl groups is 1. The van der Waals surface area contributed by atoms with Gasteiger partial charge in [0.25, 0.3) is 0 Å². The minimum absolute atomic E-state index is 0.0493. The lowest BCUT2D eigenvalue weighted by Crippen LogP contribution is -2.46. The Hall–Kier alpha value is -2.24. The van der Waals surface area contributed by atoms with Gasteiger partial charge in [0.2, 0.25) is 0 Å². The number of amides is 1. The van der Waals surface area contributed by atoms with E-state index in [0.717, 1.165) is 0 Å². The Morgan fingerprint density at radius 1 is 1.29 bits per heavy atom. The highest BCUT2D eigenvalue weighted by Crippen LogP contribution is 2.30. The highest BCUT2D eigenvalue weighted by Gasteiger charge is 2.31. The van der Waals surface area contributed by atoms with Crippen molar-refractivity contribution in [2.45, 2.75) is 38.8 Å². The number of carbonyl (C=O) groups is 2. The van der Waals surface area contributed by atoms with Gasteiger partial charge in [-0.05, 0) is 45.4 Å². The average molecular weight is 295 g/mol. The Balaban J connectivity index is 3.04. The largest absolute Gasteiger partial charge is 0.504 e. The zero-order valence-corrected chi connectivity index (χ0v) is 12.9. The van der Waals surface area contributed by atoms with E-state index in [0.29, 0.717) is 11.8 Å². The molecule has 0 aliphatic rings. The SMILES string of the molecule is COc1cc(C(C)(C=O)NC(=O)OC(C)(C)C)ccc1O. The first-order chi connectivity index (χ1) is 9.61. The van der Waals surface area contributed by atoms with Crippen LogP contribution in [0.3, 0.4) is 0 Å². The molecular formula is C15H21NO5. The van der Waals surface area contributed by atoms with E-state index >= 15 is 0 Å². The van der Waals surface area contributed by atoms with Crippen molar-refractivity contribution >= 4 is 12.4 Å². The smallest absolute Gasteiger partial charge is 0.408 e. The molecule has 1 atom stereocenters. The molecule has 1 unspecified atom stereocenters. The molecule has 1 aromatic rings. The van der Waals surface area contributed by atoms with Gasteiger partial charge in [-0.25, -0.2) is 4.79 Å². The van der Waals surface area contributed by atoms with Gasteiger partial charge in [0.15, 0.2) is 11.5 Å². The van der Waals surface area contributed by atoms with E-state index in [2.05, 4.69) is 5.32 Å². The maximum atomic E-state index is 11.9. The van der Waals surface area contributed by atoms with Crippen LogP contribution in [0, 0.1) is 0 Å². The molecule has 116 valence electrons. The third-order valence-electron chi connectivity index (χ3n) is 2.78. The molecule has 1 rings (SSSR count). The quantitative estimate of drug-likeness (QED) is 0.833. The summed E-state index contributed by atoms with van der Waals surface area (Å²) in [6.07, 6.45) is -0.105. The number of carbonyl (C=O) groups excluding carboxylic acids is 2. The van der Waals surface area contributed by atoms with E-state index in [9.17, 15) is 14.7 Å². The Morgan fingerprint density at radius 2 is 1.90 bits per heavy atom. The fourth-order valence-electron chi connectivity index (χ4n) is 1.69. The van der Waals surface area contributed by atoms with Gasteiger partial charge in [0.1, 0.15) is 17.4 Å². The van der Waals surface area contributed by atoms with Crippen molar-refractivity contribution in [3.63, 3.8) is 0 Å². The van der Waals surface area contributed by atoms with Gasteiger partial charge >= 0.3 is 6.09 Å². The van der Waals surface area contributed by atoms with Crippen LogP contribution in [-0.2, 0) is 15.1 Å². The first kappa shape index (κ1) is 16.8. The van der Waals surface area contributed by atoms with Gasteiger partial charge in [0.05, 0.1) is 7.11 Å². The van der Waals surface area contributed by atoms with Crippen LogP contribution < -0.4 is 10.1 Å². The normalized spacial score (nSPS) is 14.0. The summed E-state index contributed by atoms with van der Waals surface area (Å²) in [6, 6.07) is 4.41. The number of alkyl carbamates (subject to hydrolysis) is 1. The van der Waals surface area contributed by atoms with Crippen LogP contribution in [0.25, 0.3) is 0 Å². The average Bonchev–Trinajstić information content (AvgIpc) is 2.36. The van der Waals surface area contributed by atoms with Crippen LogP contribution in [0.4, 0.5) is 4.79 Å². The second kappa shape index (κ2) is 6.03. The van der Waals surface area contributed by atoms with Crippen LogP contribution >= 0.6 is 0 Å². The summed E-state index contributed by atoms with van der Waals surface area (Å²) in [4.78, 5) is 23.3. The van der Waals surface area contributed by atoms with Crippen molar-refractivity contribution in [2.24, 2.45) is 0 Å². The van der Waals surface area contributed by atoms with E-state index in [1.54, 1.807) is 20.8 Å². The first-order valence-corrected chi connectivity index (χ1v) is 6.46. The van der Waals surface area contributed by atoms with Gasteiger partial charge in [-0.15, -0.1) is 0 Å². The number of nitrogens with one attached hydrogen (secondary N) is 1. The minimum atomic E-state index is -1.29. The first-order valence-electron chi connectivity index (χ1n) is 6.46. The van der Waals surface area contributed by atoms with Gasteiger partial charge in [-0.3, -0.25) is 0 Å². The Morgan fingerprint density at radius 3 is 2.38 bits per heavy atom. The van der Waals surface area contributed by atoms with Crippen molar-refractivity contribution in [3.8, 4) is 11.5 Å². The minimum Gasteiger partial charge on any atom is -0.504 e. The lowest BCUT2D eigenvalue weighted by Gasteiger charge is -2.28. The third-order valence-corrected chi connectivity index (χ3v) is 2.78. The molecule has 0 radical (unpaired) electrons. The number of ether oxygens (including phenoxy) is 2. The predicted molar refractivity (Wildman–Crippen MR) is 77.4 cm³/mol. The molecule has 0 fully saturated rings. The van der Waals surface area contributed by atoms with Crippen molar-refractivity contribution in [2.75, 3.05) is 7.11 Å². The predicted octanol–water partition coefficient (Wildman–Crippen LogP) is 2.34. The lowest BCUT2D eigenvalue weighted by atomic mass is 9.93. The molecule has 0 spiro atoms. The van der Waals surface area contributed by atoms with Crippen LogP contribution in [0.15, 0.2) is 18.2 Å². The molecule has 0 aromatic heterocycles. The van der Waals surface area contributed by atoms with E-state index in [4.69, 9.17) is 9.47 Å². The molecule has 6 nitrogen and oxygen atoms in total. The molecule has 0 heterocycles. The summed E-state index contributed by atoms with van der Waals surface area (Å²) in [5, 5.41) is 12.1. The van der Waals surface area contributed by atoms with Crippen molar-refractivity contribution in [3.05, 3.63) is 23.8 Å². The summed E-state index contributed by atoms with van der Waals surface area (Å²) in [6.45, 7) is 6.73. The third kappa shape index (κ3) is 4.37. The second-order valence-electron chi connectivity index (χ2n) is 5.83. The molecule has 2 N–H and O–H groups in total. The molecule has 1 amide bonds. The van der Waals surface area contributed by atoms with Gasteiger partial charge < -0.3 is 24.7 Å². The number of hydrogen-bond acceptors (Lipinski definition) is 5. The van der Waals surface area contributed by atoms with E-state index < -0.39 is 17.2 Å². The van der Waals surface area contributed by atoms with Gasteiger partial charge in [0, 0.05) is 0 Å². The number of rotatable bonds is 4. The van der Waals surface area contributed by atoms with Gasteiger partial charge in [-0.1, -0.05) is 6.07 Å². The molecule has 21 heavy (non-hydrogen) atoms. The number of benzene rings is 1. The summed E-state index contributed by atoms with van der Waals surface area (Å²) < 4.78 is 10.1. The fourth-order valence-corrected chi connectivity index (χ4v) is 1.69. The number of phenolic OH excluding ortho intramolecular Hbond substituents is 1. The molecule has 0 saturated heterocycles.